The Labute approximate surface area is 77.7 Å². The zero-order valence-corrected chi connectivity index (χ0v) is 11.5. The third kappa shape index (κ3) is 8.82. The van der Waals surface area contributed by atoms with Crippen LogP contribution in [0.1, 0.15) is 0 Å². The van der Waals surface area contributed by atoms with Crippen LogP contribution >= 0.6 is 0 Å². The van der Waals surface area contributed by atoms with Crippen molar-refractivity contribution in [2.75, 3.05) is 0 Å². The molecule has 4 heteroatoms. The van der Waals surface area contributed by atoms with Crippen molar-refractivity contribution in [1.29, 1.82) is 0 Å². The summed E-state index contributed by atoms with van der Waals surface area (Å²) in [5.74, 6) is 0. The molecule has 0 saturated carbocycles. The predicted molar refractivity (Wildman–Crippen MR) is 0 cm³/mol. The van der Waals surface area contributed by atoms with Gasteiger partial charge in [-0.15, -0.1) is 0 Å². The maximum absolute atomic E-state index is 0. The third-order valence-electron chi connectivity index (χ3n) is 0. The summed E-state index contributed by atoms with van der Waals surface area (Å²) in [7, 11) is 0. The molecular formula is CuOsTaZn. The Morgan fingerprint density at radius 1 is 1.00 bits per heavy atom. The van der Waals surface area contributed by atoms with Gasteiger partial charge < -0.3 is 0 Å². The van der Waals surface area contributed by atoms with Crippen molar-refractivity contribution in [3.05, 3.63) is 0 Å². The normalized spacial score (nSPS) is 0. The van der Waals surface area contributed by atoms with Crippen molar-refractivity contribution in [2.24, 2.45) is 0 Å². The zero-order chi connectivity index (χ0) is 0. The molecule has 0 N–H and O–H groups in total. The number of rotatable bonds is 0. The standard InChI is InChI=1S/Cu.Os.Ta.Zn. The van der Waals surface area contributed by atoms with Gasteiger partial charge in [-0.2, -0.15) is 0 Å². The van der Waals surface area contributed by atoms with E-state index in [9.17, 15) is 0 Å². The topological polar surface area (TPSA) is 0 Å². The summed E-state index contributed by atoms with van der Waals surface area (Å²) in [4.78, 5) is 0. The molecular weight excluding hydrogens is 500 g/mol. The van der Waals surface area contributed by atoms with E-state index in [-0.39, 0.29) is 78.7 Å². The molecule has 0 heterocycles. The molecule has 0 aromatic rings. The van der Waals surface area contributed by atoms with Crippen LogP contribution in [0.15, 0.2) is 0 Å². The quantitative estimate of drug-likeness (QED) is 0.411. The summed E-state index contributed by atoms with van der Waals surface area (Å²) < 4.78 is 0. The van der Waals surface area contributed by atoms with E-state index in [0.717, 1.165) is 0 Å². The molecule has 0 amide bonds. The molecule has 0 aromatic heterocycles. The van der Waals surface area contributed by atoms with E-state index in [4.69, 9.17) is 0 Å². The van der Waals surface area contributed by atoms with Crippen LogP contribution < -0.4 is 0 Å². The third-order valence-corrected chi connectivity index (χ3v) is 0. The molecule has 0 spiro atoms. The Balaban J connectivity index is 0. The van der Waals surface area contributed by atoms with Crippen molar-refractivity contribution >= 4 is 0 Å². The molecule has 2 radical (unpaired) electrons. The van der Waals surface area contributed by atoms with Crippen LogP contribution in [-0.4, -0.2) is 0 Å². The molecule has 0 aliphatic carbocycles. The fourth-order valence-corrected chi connectivity index (χ4v) is 0. The molecule has 0 bridgehead atoms. The minimum atomic E-state index is 0. The Hall–Kier alpha value is 2.52. The van der Waals surface area contributed by atoms with Crippen LogP contribution in [0.5, 0.6) is 0 Å². The molecule has 0 unspecified atom stereocenters. The summed E-state index contributed by atoms with van der Waals surface area (Å²) in [6, 6.07) is 0. The minimum Gasteiger partial charge on any atom is 0 e. The summed E-state index contributed by atoms with van der Waals surface area (Å²) in [6.45, 7) is 0. The van der Waals surface area contributed by atoms with Gasteiger partial charge in [0.25, 0.3) is 0 Å². The molecule has 0 aliphatic heterocycles. The number of hydrogen-bond acceptors (Lipinski definition) is 0. The van der Waals surface area contributed by atoms with Gasteiger partial charge in [-0.05, 0) is 0 Å². The molecule has 0 fully saturated rings. The van der Waals surface area contributed by atoms with Crippen molar-refractivity contribution in [1.82, 2.24) is 0 Å². The average Bonchev–Trinajstić information content (AvgIpc) is 0. The molecule has 0 saturated heterocycles. The van der Waals surface area contributed by atoms with Gasteiger partial charge in [-0.3, -0.25) is 0 Å². The van der Waals surface area contributed by atoms with E-state index in [1.807, 2.05) is 0 Å². The Bertz CT molecular complexity index is 8.00. The molecule has 4 heavy (non-hydrogen) atoms. The van der Waals surface area contributed by atoms with Gasteiger partial charge in [0.15, 0.2) is 0 Å². The average molecular weight is 500 g/mol. The second kappa shape index (κ2) is 17.8. The van der Waals surface area contributed by atoms with Gasteiger partial charge >= 0.3 is 0 Å². The van der Waals surface area contributed by atoms with E-state index in [0.29, 0.717) is 0 Å². The molecule has 0 rings (SSSR count). The second-order valence-electron chi connectivity index (χ2n) is 0. The molecule has 0 aliphatic rings. The largest absolute Gasteiger partial charge is 0 e. The van der Waals surface area contributed by atoms with E-state index in [1.165, 1.54) is 0 Å². The Morgan fingerprint density at radius 2 is 1.00 bits per heavy atom. The number of hydrogen-bond donors (Lipinski definition) is 0. The smallest absolute Gasteiger partial charge is 0 e. The van der Waals surface area contributed by atoms with Crippen LogP contribution in [0.4, 0.5) is 0 Å². The Morgan fingerprint density at radius 3 is 1.00 bits per heavy atom. The van der Waals surface area contributed by atoms with E-state index < -0.39 is 0 Å². The predicted octanol–water partition coefficient (Wildman–Crippen LogP) is -0.0100. The van der Waals surface area contributed by atoms with Crippen LogP contribution in [0.3, 0.4) is 0 Å². The van der Waals surface area contributed by atoms with Gasteiger partial charge in [-0.1, -0.05) is 0 Å². The van der Waals surface area contributed by atoms with Crippen molar-refractivity contribution in [3.63, 3.8) is 0 Å². The first-order valence-electron chi connectivity index (χ1n) is 0. The first kappa shape index (κ1) is 31.3. The van der Waals surface area contributed by atoms with Gasteiger partial charge in [0.05, 0.1) is 0 Å². The minimum absolute atomic E-state index is 0. The van der Waals surface area contributed by atoms with E-state index >= 15 is 0 Å². The molecule has 0 aromatic carbocycles. The Kier molecular flexibility index (Phi) is 139. The summed E-state index contributed by atoms with van der Waals surface area (Å²) >= 11 is 0. The first-order chi connectivity index (χ1) is 0. The van der Waals surface area contributed by atoms with Gasteiger partial charge in [-0.25, -0.2) is 0 Å². The van der Waals surface area contributed by atoms with Crippen molar-refractivity contribution < 1.29 is 78.7 Å². The van der Waals surface area contributed by atoms with Crippen molar-refractivity contribution in [3.8, 4) is 0 Å². The summed E-state index contributed by atoms with van der Waals surface area (Å²) in [5, 5.41) is 0. The molecule has 0 atom stereocenters. The SMILES string of the molecule is [Cu].[Os].[Ta].[Zn]. The molecule has 0 nitrogen and oxygen atoms in total. The summed E-state index contributed by atoms with van der Waals surface area (Å²) in [5.41, 5.74) is 0. The fourth-order valence-electron chi connectivity index (χ4n) is 0. The molecule has 26 valence electrons. The van der Waals surface area contributed by atoms with E-state index in [1.54, 1.807) is 0 Å². The van der Waals surface area contributed by atoms with Crippen LogP contribution in [0, 0.1) is 0 Å². The van der Waals surface area contributed by atoms with Crippen molar-refractivity contribution in [2.45, 2.75) is 0 Å². The van der Waals surface area contributed by atoms with E-state index in [2.05, 4.69) is 0 Å². The second-order valence-corrected chi connectivity index (χ2v) is 0. The van der Waals surface area contributed by atoms with Gasteiger partial charge in [0.2, 0.25) is 0 Å². The first-order valence-corrected chi connectivity index (χ1v) is 0. The van der Waals surface area contributed by atoms with Crippen LogP contribution in [0.2, 0.25) is 0 Å². The maximum atomic E-state index is 0. The van der Waals surface area contributed by atoms with Crippen LogP contribution in [0.25, 0.3) is 0 Å². The van der Waals surface area contributed by atoms with Gasteiger partial charge in [0.1, 0.15) is 0 Å². The van der Waals surface area contributed by atoms with Gasteiger partial charge in [0, 0.05) is 78.7 Å². The zero-order valence-electron chi connectivity index (χ0n) is 1.81. The fraction of sp³-hybridized carbons (Fsp3) is 0. The van der Waals surface area contributed by atoms with Crippen LogP contribution in [-0.2, 0) is 78.7 Å². The monoisotopic (exact) mass is 500 g/mol. The maximum Gasteiger partial charge on any atom is 0 e. The summed E-state index contributed by atoms with van der Waals surface area (Å²) in [6.07, 6.45) is 0.